The predicted molar refractivity (Wildman–Crippen MR) is 166 cm³/mol. The van der Waals surface area contributed by atoms with Crippen molar-refractivity contribution >= 4 is 41.3 Å². The van der Waals surface area contributed by atoms with Crippen molar-refractivity contribution in [2.45, 2.75) is 71.4 Å². The zero-order valence-electron chi connectivity index (χ0n) is 25.0. The Kier molecular flexibility index (Phi) is 11.4. The van der Waals surface area contributed by atoms with Crippen LogP contribution in [0.5, 0.6) is 0 Å². The number of halogens is 3. The van der Waals surface area contributed by atoms with E-state index >= 15 is 0 Å². The van der Waals surface area contributed by atoms with Gasteiger partial charge in [0.05, 0.1) is 24.0 Å². The maximum atomic E-state index is 14.8. The Morgan fingerprint density at radius 2 is 1.89 bits per heavy atom. The van der Waals surface area contributed by atoms with Crippen molar-refractivity contribution in [3.8, 4) is 22.0 Å². The Balaban J connectivity index is 0.00000461. The molecular weight excluding hydrogens is 630 g/mol. The van der Waals surface area contributed by atoms with Crippen molar-refractivity contribution in [3.05, 3.63) is 53.6 Å². The van der Waals surface area contributed by atoms with Gasteiger partial charge in [0.2, 0.25) is 5.95 Å². The molecule has 1 amide bonds. The predicted octanol–water partition coefficient (Wildman–Crippen LogP) is 5.22. The number of nitrogens with zero attached hydrogens (tertiary/aromatic N) is 6. The van der Waals surface area contributed by atoms with Gasteiger partial charge in [-0.05, 0) is 50.7 Å². The van der Waals surface area contributed by atoms with Gasteiger partial charge in [0, 0.05) is 29.9 Å². The van der Waals surface area contributed by atoms with Crippen molar-refractivity contribution < 1.29 is 27.8 Å². The van der Waals surface area contributed by atoms with Crippen LogP contribution in [0.25, 0.3) is 22.0 Å². The number of carbonyl (C=O) groups is 2. The van der Waals surface area contributed by atoms with E-state index in [1.165, 1.54) is 22.2 Å². The molecule has 4 aromatic heterocycles. The molecule has 0 radical (unpaired) electrons. The second-order valence-corrected chi connectivity index (χ2v) is 11.7. The lowest BCUT2D eigenvalue weighted by molar-refractivity contribution is -0.150. The van der Waals surface area contributed by atoms with Gasteiger partial charge < -0.3 is 20.5 Å². The Hall–Kier alpha value is -3.79. The molecule has 242 valence electrons. The van der Waals surface area contributed by atoms with Crippen LogP contribution in [0.15, 0.2) is 36.1 Å². The highest BCUT2D eigenvalue weighted by Gasteiger charge is 2.27. The lowest BCUT2D eigenvalue weighted by Gasteiger charge is -2.28. The average molecular weight is 665 g/mol. The zero-order valence-corrected chi connectivity index (χ0v) is 26.6. The lowest BCUT2D eigenvalue weighted by atomic mass is 9.93. The molecular formula is C29H35ClF2N8O4S. The van der Waals surface area contributed by atoms with Gasteiger partial charge in [-0.1, -0.05) is 13.8 Å². The van der Waals surface area contributed by atoms with Crippen molar-refractivity contribution in [1.29, 1.82) is 0 Å². The summed E-state index contributed by atoms with van der Waals surface area (Å²) in [6, 6.07) is 1.16. The van der Waals surface area contributed by atoms with E-state index in [1.54, 1.807) is 22.5 Å². The van der Waals surface area contributed by atoms with Crippen LogP contribution in [0.3, 0.4) is 0 Å². The number of carbonyl (C=O) groups excluding carboxylic acids is 2. The maximum absolute atomic E-state index is 14.8. The number of thiazole rings is 1. The van der Waals surface area contributed by atoms with Gasteiger partial charge in [0.1, 0.15) is 28.1 Å². The smallest absolute Gasteiger partial charge is 0.324 e. The summed E-state index contributed by atoms with van der Waals surface area (Å²) in [4.78, 5) is 33.5. The number of rotatable bonds is 11. The van der Waals surface area contributed by atoms with E-state index in [-0.39, 0.29) is 60.0 Å². The topological polar surface area (TPSA) is 152 Å². The number of hydrogen-bond acceptors (Lipinski definition) is 10. The van der Waals surface area contributed by atoms with E-state index in [9.17, 15) is 18.4 Å². The third-order valence-corrected chi connectivity index (χ3v) is 8.27. The number of nitrogens with one attached hydrogen (secondary N) is 1. The summed E-state index contributed by atoms with van der Waals surface area (Å²) in [7, 11) is 0. The second kappa shape index (κ2) is 15.0. The van der Waals surface area contributed by atoms with E-state index in [1.807, 2.05) is 20.8 Å². The number of amides is 1. The van der Waals surface area contributed by atoms with Gasteiger partial charge in [0.15, 0.2) is 12.5 Å². The van der Waals surface area contributed by atoms with Gasteiger partial charge in [0.25, 0.3) is 5.91 Å². The molecule has 4 aromatic rings. The molecule has 5 rings (SSSR count). The highest BCUT2D eigenvalue weighted by atomic mass is 35.5. The first kappa shape index (κ1) is 34.1. The molecule has 1 atom stereocenters. The third-order valence-electron chi connectivity index (χ3n) is 7.38. The number of ether oxygens (including phenoxy) is 2. The van der Waals surface area contributed by atoms with Crippen LogP contribution < -0.4 is 11.1 Å². The summed E-state index contributed by atoms with van der Waals surface area (Å²) in [5, 5.41) is 13.6. The van der Waals surface area contributed by atoms with Crippen molar-refractivity contribution in [3.63, 3.8) is 0 Å². The minimum Gasteiger partial charge on any atom is -0.441 e. The first-order valence-corrected chi connectivity index (χ1v) is 15.3. The third kappa shape index (κ3) is 8.09. The zero-order chi connectivity index (χ0) is 31.4. The van der Waals surface area contributed by atoms with E-state index in [4.69, 9.17) is 15.2 Å². The quantitative estimate of drug-likeness (QED) is 0.162. The molecule has 3 N–H and O–H groups in total. The van der Waals surface area contributed by atoms with E-state index in [2.05, 4.69) is 25.5 Å². The van der Waals surface area contributed by atoms with Crippen LogP contribution in [-0.2, 0) is 21.0 Å². The second-order valence-electron chi connectivity index (χ2n) is 10.8. The molecule has 45 heavy (non-hydrogen) atoms. The maximum Gasteiger partial charge on any atom is 0.324 e. The summed E-state index contributed by atoms with van der Waals surface area (Å²) in [6.45, 7) is 6.14. The molecule has 1 saturated carbocycles. The molecule has 4 heterocycles. The van der Waals surface area contributed by atoms with Crippen LogP contribution in [-0.4, -0.2) is 60.2 Å². The van der Waals surface area contributed by atoms with E-state index in [0.29, 0.717) is 17.2 Å². The van der Waals surface area contributed by atoms with Crippen molar-refractivity contribution in [1.82, 2.24) is 29.5 Å². The summed E-state index contributed by atoms with van der Waals surface area (Å²) in [5.41, 5.74) is 6.44. The highest BCUT2D eigenvalue weighted by Crippen LogP contribution is 2.34. The largest absolute Gasteiger partial charge is 0.441 e. The van der Waals surface area contributed by atoms with Crippen LogP contribution in [0.4, 0.5) is 14.5 Å². The number of esters is 1. The molecule has 0 saturated heterocycles. The number of pyridine rings is 1. The summed E-state index contributed by atoms with van der Waals surface area (Å²) in [6.07, 6.45) is 8.22. The minimum atomic E-state index is -0.868. The molecule has 12 nitrogen and oxygen atoms in total. The summed E-state index contributed by atoms with van der Waals surface area (Å²) in [5.74, 6) is -2.79. The standard InChI is InChI=1S/C29H34F2N8O4S.ClH/c1-4-42-19-7-5-18(6-8-19)39-13-21(26(37-39)25-20(30)9-10-23(31)36-25)34-27(40)22-14-44-28(35-22)17-11-33-38(12-17)15-43-29(41)24(32)16(2)3;/h9-14,16,18-19,24H,4-8,15,32H2,1-3H3,(H,34,40);1H/t18-,19-,24-;/m0./s1. The number of aromatic nitrogens is 6. The fraction of sp³-hybridized carbons (Fsp3) is 0.448. The molecule has 0 unspecified atom stereocenters. The summed E-state index contributed by atoms with van der Waals surface area (Å²) < 4.78 is 42.9. The fourth-order valence-electron chi connectivity index (χ4n) is 4.88. The lowest BCUT2D eigenvalue weighted by Crippen LogP contribution is -2.37. The van der Waals surface area contributed by atoms with Crippen molar-refractivity contribution in [2.24, 2.45) is 11.7 Å². The fourth-order valence-corrected chi connectivity index (χ4v) is 5.66. The number of hydrogen-bond donors (Lipinski definition) is 2. The van der Waals surface area contributed by atoms with Gasteiger partial charge in [-0.15, -0.1) is 23.7 Å². The normalized spacial score (nSPS) is 17.1. The van der Waals surface area contributed by atoms with Crippen LogP contribution in [0, 0.1) is 17.7 Å². The Labute approximate surface area is 268 Å². The van der Waals surface area contributed by atoms with Crippen LogP contribution >= 0.6 is 23.7 Å². The van der Waals surface area contributed by atoms with Crippen LogP contribution in [0.2, 0.25) is 0 Å². The molecule has 16 heteroatoms. The molecule has 0 aliphatic heterocycles. The first-order valence-electron chi connectivity index (χ1n) is 14.4. The Morgan fingerprint density at radius 1 is 1.13 bits per heavy atom. The molecule has 1 aliphatic carbocycles. The van der Waals surface area contributed by atoms with E-state index in [0.717, 1.165) is 37.8 Å². The van der Waals surface area contributed by atoms with Crippen LogP contribution in [0.1, 0.15) is 63.0 Å². The molecule has 0 bridgehead atoms. The Morgan fingerprint density at radius 3 is 2.60 bits per heavy atom. The molecule has 1 aliphatic rings. The SMILES string of the molecule is CCO[C@H]1CC[C@H](n2cc(NC(=O)c3csc(-c4cnn(COC(=O)[C@@H](N)C(C)C)c4)n3)c(-c3nc(F)ccc3F)n2)CC1.Cl. The average Bonchev–Trinajstić information content (AvgIpc) is 3.77. The minimum absolute atomic E-state index is 0. The van der Waals surface area contributed by atoms with E-state index < -0.39 is 29.7 Å². The van der Waals surface area contributed by atoms with Gasteiger partial charge in [-0.2, -0.15) is 14.6 Å². The molecule has 0 aromatic carbocycles. The summed E-state index contributed by atoms with van der Waals surface area (Å²) >= 11 is 1.22. The highest BCUT2D eigenvalue weighted by molar-refractivity contribution is 7.13. The monoisotopic (exact) mass is 664 g/mol. The first-order chi connectivity index (χ1) is 21.1. The van der Waals surface area contributed by atoms with Gasteiger partial charge in [-0.25, -0.2) is 19.0 Å². The number of anilines is 1. The molecule has 0 spiro atoms. The molecule has 1 fully saturated rings. The number of nitrogens with two attached hydrogens (primary N) is 1. The van der Waals surface area contributed by atoms with Gasteiger partial charge >= 0.3 is 5.97 Å². The van der Waals surface area contributed by atoms with Gasteiger partial charge in [-0.3, -0.25) is 14.3 Å². The van der Waals surface area contributed by atoms with Crippen molar-refractivity contribution in [2.75, 3.05) is 11.9 Å². The Bertz CT molecular complexity index is 1620.